The summed E-state index contributed by atoms with van der Waals surface area (Å²) < 4.78 is 40.0. The smallest absolute Gasteiger partial charge is 0.338 e. The van der Waals surface area contributed by atoms with Crippen LogP contribution < -0.4 is 0 Å². The Morgan fingerprint density at radius 2 is 1.27 bits per heavy atom. The Labute approximate surface area is 296 Å². The van der Waals surface area contributed by atoms with E-state index >= 15 is 0 Å². The number of carbonyl (C=O) groups excluding carboxylic acids is 2. The highest BCUT2D eigenvalue weighted by Gasteiger charge is 2.62. The number of aliphatic hydroxyl groups excluding tert-OH is 9. The largest absolute Gasteiger partial charge is 0.457 e. The zero-order valence-corrected chi connectivity index (χ0v) is 27.5. The first-order chi connectivity index (χ1) is 24.9. The maximum Gasteiger partial charge on any atom is 0.338 e. The Balaban J connectivity index is 1.50. The first-order valence-corrected chi connectivity index (χ1v) is 16.3. The quantitative estimate of drug-likeness (QED) is 0.0714. The number of hydrogen-bond donors (Lipinski definition) is 9. The highest BCUT2D eigenvalue weighted by Crippen LogP contribution is 2.40. The molecule has 3 saturated heterocycles. The summed E-state index contributed by atoms with van der Waals surface area (Å²) in [6.45, 7) is -3.57. The summed E-state index contributed by atoms with van der Waals surface area (Å²) in [5.41, 5.74) is 0.662. The number of benzene rings is 2. The molecular formula is C34H42O18. The lowest BCUT2D eigenvalue weighted by atomic mass is 9.97. The van der Waals surface area contributed by atoms with Crippen molar-refractivity contribution in [3.8, 4) is 0 Å². The summed E-state index contributed by atoms with van der Waals surface area (Å²) in [5, 5.41) is 94.0. The third kappa shape index (κ3) is 8.67. The van der Waals surface area contributed by atoms with Gasteiger partial charge < -0.3 is 79.1 Å². The first kappa shape index (κ1) is 39.8. The van der Waals surface area contributed by atoms with Gasteiger partial charge in [-0.05, 0) is 23.8 Å². The fourth-order valence-corrected chi connectivity index (χ4v) is 5.93. The van der Waals surface area contributed by atoms with Crippen LogP contribution in [0, 0.1) is 0 Å². The van der Waals surface area contributed by atoms with E-state index in [9.17, 15) is 55.5 Å². The lowest BCUT2D eigenvalue weighted by Crippen LogP contribution is -2.66. The first-order valence-electron chi connectivity index (χ1n) is 16.3. The molecule has 3 fully saturated rings. The van der Waals surface area contributed by atoms with Gasteiger partial charge in [0, 0.05) is 6.08 Å². The highest BCUT2D eigenvalue weighted by atomic mass is 16.8. The third-order valence-corrected chi connectivity index (χ3v) is 8.81. The zero-order chi connectivity index (χ0) is 37.6. The number of rotatable bonds is 13. The van der Waals surface area contributed by atoms with Gasteiger partial charge in [0.1, 0.15) is 67.6 Å². The molecule has 52 heavy (non-hydrogen) atoms. The van der Waals surface area contributed by atoms with Crippen molar-refractivity contribution in [2.45, 2.75) is 85.5 Å². The highest BCUT2D eigenvalue weighted by molar-refractivity contribution is 5.89. The van der Waals surface area contributed by atoms with Gasteiger partial charge in [0.15, 0.2) is 18.7 Å². The monoisotopic (exact) mass is 738 g/mol. The zero-order valence-electron chi connectivity index (χ0n) is 27.5. The van der Waals surface area contributed by atoms with Crippen LogP contribution in [0.1, 0.15) is 15.9 Å². The van der Waals surface area contributed by atoms with Gasteiger partial charge in [-0.3, -0.25) is 0 Å². The van der Waals surface area contributed by atoms with Crippen LogP contribution in [0.25, 0.3) is 6.08 Å². The van der Waals surface area contributed by atoms with Crippen molar-refractivity contribution in [1.29, 1.82) is 0 Å². The number of ether oxygens (including phenoxy) is 7. The van der Waals surface area contributed by atoms with Crippen molar-refractivity contribution in [2.24, 2.45) is 0 Å². The lowest BCUT2D eigenvalue weighted by Gasteiger charge is -2.47. The summed E-state index contributed by atoms with van der Waals surface area (Å²) in [6, 6.07) is 16.2. The molecule has 18 nitrogen and oxygen atoms in total. The minimum atomic E-state index is -2.57. The number of carbonyl (C=O) groups is 2. The predicted octanol–water partition coefficient (Wildman–Crippen LogP) is -3.44. The summed E-state index contributed by atoms with van der Waals surface area (Å²) >= 11 is 0. The number of esters is 2. The fourth-order valence-electron chi connectivity index (χ4n) is 5.93. The number of hydrogen-bond acceptors (Lipinski definition) is 18. The van der Waals surface area contributed by atoms with E-state index in [2.05, 4.69) is 0 Å². The van der Waals surface area contributed by atoms with Gasteiger partial charge in [0.05, 0.1) is 25.4 Å². The van der Waals surface area contributed by atoms with Gasteiger partial charge in [0.25, 0.3) is 0 Å². The molecular weight excluding hydrogens is 696 g/mol. The molecule has 286 valence electrons. The maximum atomic E-state index is 13.3. The van der Waals surface area contributed by atoms with Crippen molar-refractivity contribution in [3.05, 3.63) is 77.9 Å². The summed E-state index contributed by atoms with van der Waals surface area (Å²) in [6.07, 6.45) is -21.3. The summed E-state index contributed by atoms with van der Waals surface area (Å²) in [5.74, 6) is -4.54. The Bertz CT molecular complexity index is 1480. The molecule has 0 radical (unpaired) electrons. The molecule has 2 aromatic rings. The molecule has 3 aliphatic heterocycles. The van der Waals surface area contributed by atoms with Crippen molar-refractivity contribution in [2.75, 3.05) is 26.4 Å². The van der Waals surface area contributed by atoms with E-state index in [4.69, 9.17) is 33.2 Å². The van der Waals surface area contributed by atoms with E-state index < -0.39 is 124 Å². The molecule has 9 N–H and O–H groups in total. The minimum absolute atomic E-state index is 0.0236. The van der Waals surface area contributed by atoms with Crippen molar-refractivity contribution in [3.63, 3.8) is 0 Å². The third-order valence-electron chi connectivity index (χ3n) is 8.81. The van der Waals surface area contributed by atoms with Crippen LogP contribution in [0.15, 0.2) is 66.7 Å². The van der Waals surface area contributed by atoms with Gasteiger partial charge in [-0.2, -0.15) is 0 Å². The van der Waals surface area contributed by atoms with Gasteiger partial charge in [0.2, 0.25) is 5.79 Å². The van der Waals surface area contributed by atoms with Gasteiger partial charge in [-0.1, -0.05) is 48.5 Å². The van der Waals surface area contributed by atoms with Crippen LogP contribution in [-0.2, 0) is 38.0 Å². The van der Waals surface area contributed by atoms with Crippen molar-refractivity contribution in [1.82, 2.24) is 0 Å². The molecule has 0 spiro atoms. The molecule has 0 saturated carbocycles. The molecule has 0 aliphatic carbocycles. The molecule has 14 atom stereocenters. The second-order valence-corrected chi connectivity index (χ2v) is 12.3. The Kier molecular flexibility index (Phi) is 13.4. The normalized spacial score (nSPS) is 37.9. The Morgan fingerprint density at radius 3 is 1.88 bits per heavy atom. The Morgan fingerprint density at radius 1 is 0.692 bits per heavy atom. The molecule has 0 aromatic heterocycles. The van der Waals surface area contributed by atoms with Crippen molar-refractivity contribution < 1.29 is 88.7 Å². The van der Waals surface area contributed by atoms with E-state index in [1.165, 1.54) is 30.3 Å². The average Bonchev–Trinajstić information content (AvgIpc) is 3.42. The SMILES string of the molecule is O=C(/C=C/c1ccccc1)OC[C@]1(O[C@@H]2O[C@H](CO)[C@@H](O)[C@H](O)[C@H]2O[C@H]2O[C@@H](CO)[C@H](O)[C@@H](O)[C@@H]2O)O[C@@H](CO)[C@H](O)[C@H]1OC(=O)c1ccccc1. The summed E-state index contributed by atoms with van der Waals surface area (Å²) in [4.78, 5) is 26.2. The average molecular weight is 739 g/mol. The Hall–Kier alpha value is -3.44. The van der Waals surface area contributed by atoms with Crippen LogP contribution in [0.4, 0.5) is 0 Å². The molecule has 0 unspecified atom stereocenters. The standard InChI is InChI=1S/C34H42O18/c35-13-19-23(39)26(42)28(44)32(47-19)49-29-27(43)24(40)20(14-36)48-33(29)52-34(16-46-22(38)12-11-17-7-3-1-4-8-17)30(25(41)21(15-37)51-34)50-31(45)18-9-5-2-6-10-18/h1-12,19-21,23-30,32-33,35-37,39-44H,13-16H2/b12-11+/t19-,20+,21-,23-,24+,25-,26+,27-,28-,29+,30+,32+,33-,34+/m0/s1. The van der Waals surface area contributed by atoms with Gasteiger partial charge in [-0.15, -0.1) is 0 Å². The van der Waals surface area contributed by atoms with Crippen LogP contribution in [0.3, 0.4) is 0 Å². The topological polar surface area (TPSA) is 281 Å². The molecule has 0 amide bonds. The molecule has 0 bridgehead atoms. The molecule has 2 aromatic carbocycles. The molecule has 3 aliphatic rings. The van der Waals surface area contributed by atoms with Gasteiger partial charge in [-0.25, -0.2) is 9.59 Å². The minimum Gasteiger partial charge on any atom is -0.457 e. The van der Waals surface area contributed by atoms with E-state index in [0.717, 1.165) is 6.08 Å². The second-order valence-electron chi connectivity index (χ2n) is 12.3. The summed E-state index contributed by atoms with van der Waals surface area (Å²) in [7, 11) is 0. The lowest BCUT2D eigenvalue weighted by molar-refractivity contribution is -0.407. The van der Waals surface area contributed by atoms with Crippen LogP contribution >= 0.6 is 0 Å². The van der Waals surface area contributed by atoms with Crippen molar-refractivity contribution >= 4 is 18.0 Å². The molecule has 18 heteroatoms. The number of aliphatic hydroxyl groups is 9. The van der Waals surface area contributed by atoms with Gasteiger partial charge >= 0.3 is 11.9 Å². The van der Waals surface area contributed by atoms with Crippen LogP contribution in [0.5, 0.6) is 0 Å². The maximum absolute atomic E-state index is 13.3. The predicted molar refractivity (Wildman–Crippen MR) is 170 cm³/mol. The van der Waals surface area contributed by atoms with Crippen LogP contribution in [0.2, 0.25) is 0 Å². The van der Waals surface area contributed by atoms with E-state index in [1.807, 2.05) is 0 Å². The van der Waals surface area contributed by atoms with E-state index in [-0.39, 0.29) is 5.56 Å². The molecule has 3 heterocycles. The second kappa shape index (κ2) is 17.6. The van der Waals surface area contributed by atoms with Crippen LogP contribution in [-0.4, -0.2) is 170 Å². The van der Waals surface area contributed by atoms with E-state index in [0.29, 0.717) is 5.56 Å². The van der Waals surface area contributed by atoms with E-state index in [1.54, 1.807) is 36.4 Å². The molecule has 5 rings (SSSR count). The fraction of sp³-hybridized carbons (Fsp3) is 0.529.